The van der Waals surface area contributed by atoms with Crippen LogP contribution in [0, 0.1) is 5.92 Å². The molecule has 1 nitrogen and oxygen atoms in total. The van der Waals surface area contributed by atoms with Crippen LogP contribution in [0.3, 0.4) is 0 Å². The zero-order chi connectivity index (χ0) is 14.9. The van der Waals surface area contributed by atoms with Gasteiger partial charge in [-0.15, -0.1) is 11.3 Å². The monoisotopic (exact) mass is 321 g/mol. The van der Waals surface area contributed by atoms with Crippen LogP contribution < -0.4 is 5.32 Å². The average molecular weight is 322 g/mol. The predicted molar refractivity (Wildman–Crippen MR) is 94.4 cm³/mol. The van der Waals surface area contributed by atoms with Crippen molar-refractivity contribution < 1.29 is 0 Å². The molecule has 0 radical (unpaired) electrons. The van der Waals surface area contributed by atoms with E-state index in [1.165, 1.54) is 29.7 Å². The first kappa shape index (κ1) is 16.5. The van der Waals surface area contributed by atoms with Gasteiger partial charge in [0, 0.05) is 9.90 Å². The van der Waals surface area contributed by atoms with Crippen molar-refractivity contribution in [2.75, 3.05) is 13.1 Å². The Balaban J connectivity index is 1.88. The number of hydrogen-bond donors (Lipinski definition) is 1. The quantitative estimate of drug-likeness (QED) is 0.626. The van der Waals surface area contributed by atoms with Crippen molar-refractivity contribution in [2.45, 2.75) is 32.6 Å². The van der Waals surface area contributed by atoms with Crippen molar-refractivity contribution in [1.29, 1.82) is 0 Å². The molecule has 2 aromatic rings. The van der Waals surface area contributed by atoms with Crippen LogP contribution in [-0.4, -0.2) is 13.1 Å². The smallest absolute Gasteiger partial charge is 0.0406 e. The van der Waals surface area contributed by atoms with Crippen LogP contribution in [0.5, 0.6) is 0 Å². The fraction of sp³-hybridized carbons (Fsp3) is 0.444. The summed E-state index contributed by atoms with van der Waals surface area (Å²) < 4.78 is 0. The maximum absolute atomic E-state index is 5.97. The normalized spacial score (nSPS) is 12.5. The van der Waals surface area contributed by atoms with Crippen LogP contribution in [0.15, 0.2) is 41.8 Å². The third-order valence-corrected chi connectivity index (χ3v) is 4.86. The van der Waals surface area contributed by atoms with E-state index >= 15 is 0 Å². The molecule has 1 aromatic heterocycles. The molecule has 1 unspecified atom stereocenters. The summed E-state index contributed by atoms with van der Waals surface area (Å²) >= 11 is 7.83. The summed E-state index contributed by atoms with van der Waals surface area (Å²) in [6, 6.07) is 12.7. The topological polar surface area (TPSA) is 12.0 Å². The molecule has 0 amide bonds. The number of aryl methyl sites for hydroxylation is 1. The van der Waals surface area contributed by atoms with E-state index in [0.29, 0.717) is 5.92 Å². The third-order valence-electron chi connectivity index (χ3n) is 3.68. The number of benzene rings is 1. The van der Waals surface area contributed by atoms with Crippen molar-refractivity contribution >= 4 is 22.9 Å². The molecule has 0 aliphatic carbocycles. The van der Waals surface area contributed by atoms with E-state index in [1.54, 1.807) is 0 Å². The Morgan fingerprint density at radius 3 is 2.67 bits per heavy atom. The lowest BCUT2D eigenvalue weighted by Gasteiger charge is -2.17. The second-order valence-electron chi connectivity index (χ2n) is 5.52. The van der Waals surface area contributed by atoms with Gasteiger partial charge in [0.25, 0.3) is 0 Å². The molecule has 114 valence electrons. The lowest BCUT2D eigenvalue weighted by Crippen LogP contribution is -2.25. The zero-order valence-electron chi connectivity index (χ0n) is 12.6. The number of nitrogens with one attached hydrogen (secondary N) is 1. The maximum atomic E-state index is 5.97. The molecule has 0 spiro atoms. The molecule has 1 aromatic carbocycles. The van der Waals surface area contributed by atoms with Crippen LogP contribution >= 0.6 is 22.9 Å². The standard InChI is InChI=1S/C18H24ClNS/c1-2-11-20-14-16(7-10-18-4-3-12-21-18)13-15-5-8-17(19)9-6-15/h3-6,8-9,12,16,20H,2,7,10-11,13-14H2,1H3. The molecule has 0 bridgehead atoms. The minimum atomic E-state index is 0.680. The molecule has 1 heterocycles. The number of halogens is 1. The summed E-state index contributed by atoms with van der Waals surface area (Å²) in [6.07, 6.45) is 4.74. The third kappa shape index (κ3) is 6.21. The van der Waals surface area contributed by atoms with Crippen molar-refractivity contribution in [1.82, 2.24) is 5.32 Å². The summed E-state index contributed by atoms with van der Waals surface area (Å²) in [6.45, 7) is 4.42. The molecule has 1 atom stereocenters. The first-order valence-corrected chi connectivity index (χ1v) is 9.01. The van der Waals surface area contributed by atoms with Gasteiger partial charge >= 0.3 is 0 Å². The predicted octanol–water partition coefficient (Wildman–Crippen LogP) is 5.19. The van der Waals surface area contributed by atoms with Crippen LogP contribution in [0.4, 0.5) is 0 Å². The first-order chi connectivity index (χ1) is 10.3. The Hall–Kier alpha value is -0.830. The summed E-state index contributed by atoms with van der Waals surface area (Å²) in [4.78, 5) is 1.49. The number of thiophene rings is 1. The van der Waals surface area contributed by atoms with Crippen LogP contribution in [-0.2, 0) is 12.8 Å². The van der Waals surface area contributed by atoms with Gasteiger partial charge in [0.15, 0.2) is 0 Å². The average Bonchev–Trinajstić information content (AvgIpc) is 3.00. The Morgan fingerprint density at radius 2 is 2.00 bits per heavy atom. The Labute approximate surface area is 137 Å². The Bertz CT molecular complexity index is 492. The van der Waals surface area contributed by atoms with Crippen molar-refractivity contribution in [3.05, 3.63) is 57.2 Å². The van der Waals surface area contributed by atoms with Crippen molar-refractivity contribution in [3.63, 3.8) is 0 Å². The fourth-order valence-corrected chi connectivity index (χ4v) is 3.37. The lowest BCUT2D eigenvalue weighted by atomic mass is 9.94. The van der Waals surface area contributed by atoms with Crippen LogP contribution in [0.1, 0.15) is 30.2 Å². The van der Waals surface area contributed by atoms with E-state index in [1.807, 2.05) is 23.5 Å². The highest BCUT2D eigenvalue weighted by Gasteiger charge is 2.10. The van der Waals surface area contributed by atoms with Gasteiger partial charge in [-0.25, -0.2) is 0 Å². The summed E-state index contributed by atoms with van der Waals surface area (Å²) in [5, 5.41) is 6.56. The minimum absolute atomic E-state index is 0.680. The van der Waals surface area contributed by atoms with Crippen LogP contribution in [0.2, 0.25) is 5.02 Å². The number of rotatable bonds is 9. The molecule has 0 saturated heterocycles. The van der Waals surface area contributed by atoms with E-state index in [-0.39, 0.29) is 0 Å². The molecule has 0 aliphatic rings. The van der Waals surface area contributed by atoms with Crippen molar-refractivity contribution in [2.24, 2.45) is 5.92 Å². The van der Waals surface area contributed by atoms with E-state index in [4.69, 9.17) is 11.6 Å². The van der Waals surface area contributed by atoms with E-state index in [2.05, 4.69) is 41.9 Å². The van der Waals surface area contributed by atoms with E-state index in [9.17, 15) is 0 Å². The molecule has 0 aliphatic heterocycles. The van der Waals surface area contributed by atoms with Crippen LogP contribution in [0.25, 0.3) is 0 Å². The van der Waals surface area contributed by atoms with Gasteiger partial charge in [-0.3, -0.25) is 0 Å². The highest BCUT2D eigenvalue weighted by Crippen LogP contribution is 2.19. The molecule has 2 rings (SSSR count). The van der Waals surface area contributed by atoms with Gasteiger partial charge in [-0.2, -0.15) is 0 Å². The van der Waals surface area contributed by atoms with E-state index < -0.39 is 0 Å². The van der Waals surface area contributed by atoms with Gasteiger partial charge in [-0.05, 0) is 73.8 Å². The van der Waals surface area contributed by atoms with E-state index in [0.717, 1.165) is 24.5 Å². The second kappa shape index (κ2) is 9.24. The Kier molecular flexibility index (Phi) is 7.28. The summed E-state index contributed by atoms with van der Waals surface area (Å²) in [5.41, 5.74) is 1.38. The highest BCUT2D eigenvalue weighted by atomic mass is 35.5. The van der Waals surface area contributed by atoms with Gasteiger partial charge in [0.2, 0.25) is 0 Å². The summed E-state index contributed by atoms with van der Waals surface area (Å²) in [5.74, 6) is 0.680. The molecule has 3 heteroatoms. The second-order valence-corrected chi connectivity index (χ2v) is 6.99. The number of hydrogen-bond acceptors (Lipinski definition) is 2. The van der Waals surface area contributed by atoms with Gasteiger partial charge in [0.05, 0.1) is 0 Å². The van der Waals surface area contributed by atoms with Crippen molar-refractivity contribution in [3.8, 4) is 0 Å². The molecular weight excluding hydrogens is 298 g/mol. The largest absolute Gasteiger partial charge is 0.316 e. The molecule has 21 heavy (non-hydrogen) atoms. The summed E-state index contributed by atoms with van der Waals surface area (Å²) in [7, 11) is 0. The fourth-order valence-electron chi connectivity index (χ4n) is 2.51. The minimum Gasteiger partial charge on any atom is -0.316 e. The molecule has 0 saturated carbocycles. The zero-order valence-corrected chi connectivity index (χ0v) is 14.2. The molecular formula is C18H24ClNS. The highest BCUT2D eigenvalue weighted by molar-refractivity contribution is 7.09. The van der Waals surface area contributed by atoms with Gasteiger partial charge < -0.3 is 5.32 Å². The Morgan fingerprint density at radius 1 is 1.19 bits per heavy atom. The van der Waals surface area contributed by atoms with Gasteiger partial charge in [0.1, 0.15) is 0 Å². The SMILES string of the molecule is CCCNCC(CCc1cccs1)Cc1ccc(Cl)cc1. The first-order valence-electron chi connectivity index (χ1n) is 7.75. The van der Waals surface area contributed by atoms with Gasteiger partial charge in [-0.1, -0.05) is 36.7 Å². The molecule has 1 N–H and O–H groups in total. The maximum Gasteiger partial charge on any atom is 0.0406 e. The lowest BCUT2D eigenvalue weighted by molar-refractivity contribution is 0.445. The molecule has 0 fully saturated rings.